The summed E-state index contributed by atoms with van der Waals surface area (Å²) in [4.78, 5) is 30.8. The van der Waals surface area contributed by atoms with Crippen LogP contribution in [0, 0.1) is 6.92 Å². The molecule has 0 aliphatic carbocycles. The van der Waals surface area contributed by atoms with E-state index in [4.69, 9.17) is 0 Å². The average Bonchev–Trinajstić information content (AvgIpc) is 3.13. The number of hydrogen-bond acceptors (Lipinski definition) is 3. The number of piperazine rings is 1. The predicted octanol–water partition coefficient (Wildman–Crippen LogP) is 2.86. The van der Waals surface area contributed by atoms with Gasteiger partial charge in [-0.3, -0.25) is 14.5 Å². The molecule has 0 atom stereocenters. The van der Waals surface area contributed by atoms with Gasteiger partial charge in [-0.25, -0.2) is 0 Å². The van der Waals surface area contributed by atoms with Crippen LogP contribution in [0.1, 0.15) is 34.0 Å². The smallest absolute Gasteiger partial charge is 0.253 e. The van der Waals surface area contributed by atoms with E-state index in [9.17, 15) is 9.59 Å². The van der Waals surface area contributed by atoms with Crippen molar-refractivity contribution in [2.45, 2.75) is 26.8 Å². The Morgan fingerprint density at radius 3 is 2.43 bits per heavy atom. The number of carbonyl (C=O) groups is 2. The highest BCUT2D eigenvalue weighted by molar-refractivity contribution is 5.98. The van der Waals surface area contributed by atoms with Gasteiger partial charge in [0, 0.05) is 57.4 Å². The molecular formula is C23H27N3O2. The zero-order chi connectivity index (χ0) is 19.7. The number of fused-ring (bicyclic) bond motifs is 1. The fourth-order valence-corrected chi connectivity index (χ4v) is 4.18. The van der Waals surface area contributed by atoms with Crippen molar-refractivity contribution in [2.24, 2.45) is 0 Å². The first-order valence-electron chi connectivity index (χ1n) is 10.00. The molecule has 5 heteroatoms. The third-order valence-electron chi connectivity index (χ3n) is 5.92. The van der Waals surface area contributed by atoms with Crippen molar-refractivity contribution in [3.63, 3.8) is 0 Å². The van der Waals surface area contributed by atoms with Crippen LogP contribution in [0.5, 0.6) is 0 Å². The van der Waals surface area contributed by atoms with E-state index in [0.717, 1.165) is 56.0 Å². The average molecular weight is 377 g/mol. The van der Waals surface area contributed by atoms with E-state index in [1.54, 1.807) is 11.8 Å². The lowest BCUT2D eigenvalue weighted by molar-refractivity contribution is -0.116. The number of hydrogen-bond donors (Lipinski definition) is 0. The molecule has 0 aromatic heterocycles. The lowest BCUT2D eigenvalue weighted by Crippen LogP contribution is -2.48. The monoisotopic (exact) mass is 377 g/mol. The molecule has 0 spiro atoms. The van der Waals surface area contributed by atoms with Gasteiger partial charge in [0.25, 0.3) is 5.91 Å². The van der Waals surface area contributed by atoms with E-state index in [1.165, 1.54) is 11.1 Å². The molecule has 1 fully saturated rings. The van der Waals surface area contributed by atoms with Crippen molar-refractivity contribution in [3.8, 4) is 0 Å². The lowest BCUT2D eigenvalue weighted by atomic mass is 10.1. The summed E-state index contributed by atoms with van der Waals surface area (Å²) >= 11 is 0. The van der Waals surface area contributed by atoms with Gasteiger partial charge in [0.05, 0.1) is 0 Å². The Balaban J connectivity index is 1.38. The number of rotatable bonds is 3. The maximum atomic E-state index is 13.0. The zero-order valence-corrected chi connectivity index (χ0v) is 16.6. The fraction of sp³-hybridized carbons (Fsp3) is 0.391. The summed E-state index contributed by atoms with van der Waals surface area (Å²) < 4.78 is 0. The van der Waals surface area contributed by atoms with Crippen molar-refractivity contribution in [1.82, 2.24) is 9.80 Å². The second-order valence-corrected chi connectivity index (χ2v) is 7.76. The number of benzene rings is 2. The molecule has 146 valence electrons. The normalized spacial score (nSPS) is 16.9. The Kier molecular flexibility index (Phi) is 5.18. The Hall–Kier alpha value is -2.66. The first-order valence-corrected chi connectivity index (χ1v) is 10.00. The van der Waals surface area contributed by atoms with Crippen LogP contribution in [0.4, 0.5) is 5.69 Å². The maximum Gasteiger partial charge on any atom is 0.253 e. The van der Waals surface area contributed by atoms with Crippen molar-refractivity contribution in [2.75, 3.05) is 37.6 Å². The first-order chi connectivity index (χ1) is 13.5. The van der Waals surface area contributed by atoms with Crippen molar-refractivity contribution < 1.29 is 9.59 Å². The van der Waals surface area contributed by atoms with Gasteiger partial charge in [-0.2, -0.15) is 0 Å². The quantitative estimate of drug-likeness (QED) is 0.826. The molecule has 0 radical (unpaired) electrons. The molecular weight excluding hydrogens is 350 g/mol. The Labute approximate surface area is 166 Å². The topological polar surface area (TPSA) is 43.9 Å². The van der Waals surface area contributed by atoms with Crippen LogP contribution in [-0.4, -0.2) is 54.3 Å². The van der Waals surface area contributed by atoms with Gasteiger partial charge >= 0.3 is 0 Å². The van der Waals surface area contributed by atoms with Gasteiger partial charge in [0.15, 0.2) is 0 Å². The van der Waals surface area contributed by atoms with Crippen molar-refractivity contribution in [3.05, 3.63) is 64.7 Å². The molecule has 0 bridgehead atoms. The highest BCUT2D eigenvalue weighted by Gasteiger charge is 2.26. The van der Waals surface area contributed by atoms with E-state index in [-0.39, 0.29) is 11.8 Å². The summed E-state index contributed by atoms with van der Waals surface area (Å²) in [5.41, 5.74) is 5.46. The Morgan fingerprint density at radius 2 is 1.71 bits per heavy atom. The molecule has 1 saturated heterocycles. The van der Waals surface area contributed by atoms with E-state index in [0.29, 0.717) is 6.54 Å². The summed E-state index contributed by atoms with van der Waals surface area (Å²) in [5, 5.41) is 0. The van der Waals surface area contributed by atoms with Crippen LogP contribution in [0.3, 0.4) is 0 Å². The molecule has 2 aliphatic rings. The summed E-state index contributed by atoms with van der Waals surface area (Å²) in [5.74, 6) is 0.155. The zero-order valence-electron chi connectivity index (χ0n) is 16.6. The minimum Gasteiger partial charge on any atom is -0.336 e. The molecule has 2 aliphatic heterocycles. The predicted molar refractivity (Wildman–Crippen MR) is 111 cm³/mol. The summed E-state index contributed by atoms with van der Waals surface area (Å²) in [7, 11) is 0. The SMILES string of the molecule is CC(=O)N1CCc2cc(C(=O)N3CCN(Cc4ccccc4C)CC3)ccc21. The van der Waals surface area contributed by atoms with Gasteiger partial charge < -0.3 is 9.80 Å². The van der Waals surface area contributed by atoms with Crippen LogP contribution in [-0.2, 0) is 17.8 Å². The highest BCUT2D eigenvalue weighted by atomic mass is 16.2. The largest absolute Gasteiger partial charge is 0.336 e. The van der Waals surface area contributed by atoms with Gasteiger partial charge in [-0.15, -0.1) is 0 Å². The molecule has 2 amide bonds. The molecule has 2 aromatic carbocycles. The van der Waals surface area contributed by atoms with Crippen LogP contribution >= 0.6 is 0 Å². The Bertz CT molecular complexity index is 900. The molecule has 0 N–H and O–H groups in total. The maximum absolute atomic E-state index is 13.0. The molecule has 4 rings (SSSR count). The molecule has 5 nitrogen and oxygen atoms in total. The van der Waals surface area contributed by atoms with Gasteiger partial charge in [0.1, 0.15) is 0 Å². The number of carbonyl (C=O) groups excluding carboxylic acids is 2. The lowest BCUT2D eigenvalue weighted by Gasteiger charge is -2.35. The molecule has 28 heavy (non-hydrogen) atoms. The van der Waals surface area contributed by atoms with Crippen LogP contribution in [0.25, 0.3) is 0 Å². The highest BCUT2D eigenvalue weighted by Crippen LogP contribution is 2.29. The van der Waals surface area contributed by atoms with Crippen LogP contribution in [0.2, 0.25) is 0 Å². The number of anilines is 1. The van der Waals surface area contributed by atoms with E-state index < -0.39 is 0 Å². The summed E-state index contributed by atoms with van der Waals surface area (Å²) in [6.07, 6.45) is 0.820. The van der Waals surface area contributed by atoms with Crippen LogP contribution in [0.15, 0.2) is 42.5 Å². The number of amides is 2. The van der Waals surface area contributed by atoms with Crippen LogP contribution < -0.4 is 4.90 Å². The first kappa shape index (κ1) is 18.7. The number of nitrogens with zero attached hydrogens (tertiary/aromatic N) is 3. The molecule has 2 aromatic rings. The van der Waals surface area contributed by atoms with E-state index >= 15 is 0 Å². The summed E-state index contributed by atoms with van der Waals surface area (Å²) in [6, 6.07) is 14.2. The Morgan fingerprint density at radius 1 is 0.964 bits per heavy atom. The number of aryl methyl sites for hydroxylation is 1. The van der Waals surface area contributed by atoms with Gasteiger partial charge in [0.2, 0.25) is 5.91 Å². The second kappa shape index (κ2) is 7.76. The fourth-order valence-electron chi connectivity index (χ4n) is 4.18. The minimum atomic E-state index is 0.0580. The molecule has 0 saturated carbocycles. The van der Waals surface area contributed by atoms with Crippen molar-refractivity contribution in [1.29, 1.82) is 0 Å². The van der Waals surface area contributed by atoms with E-state index in [1.807, 2.05) is 23.1 Å². The summed E-state index contributed by atoms with van der Waals surface area (Å²) in [6.45, 7) is 8.67. The second-order valence-electron chi connectivity index (χ2n) is 7.76. The van der Waals surface area contributed by atoms with Gasteiger partial charge in [-0.05, 0) is 48.2 Å². The van der Waals surface area contributed by atoms with Gasteiger partial charge in [-0.1, -0.05) is 24.3 Å². The standard InChI is InChI=1S/C23H27N3O2/c1-17-5-3-4-6-21(17)16-24-11-13-25(14-12-24)23(28)20-7-8-22-19(15-20)9-10-26(22)18(2)27/h3-8,15H,9-14,16H2,1-2H3. The van der Waals surface area contributed by atoms with E-state index in [2.05, 4.69) is 36.1 Å². The molecule has 0 unspecified atom stereocenters. The third-order valence-corrected chi connectivity index (χ3v) is 5.92. The third kappa shape index (κ3) is 3.67. The minimum absolute atomic E-state index is 0.0580. The van der Waals surface area contributed by atoms with Crippen molar-refractivity contribution >= 4 is 17.5 Å². The molecule has 2 heterocycles.